The van der Waals surface area contributed by atoms with E-state index < -0.39 is 0 Å². The summed E-state index contributed by atoms with van der Waals surface area (Å²) >= 11 is 1.56. The summed E-state index contributed by atoms with van der Waals surface area (Å²) in [6.45, 7) is 5.66. The Bertz CT molecular complexity index is 603. The van der Waals surface area contributed by atoms with E-state index in [1.165, 1.54) is 0 Å². The molecule has 1 aromatic carbocycles. The van der Waals surface area contributed by atoms with E-state index in [4.69, 9.17) is 10.3 Å². The lowest BCUT2D eigenvalue weighted by Gasteiger charge is -2.10. The molecule has 2 rings (SSSR count). The van der Waals surface area contributed by atoms with Crippen LogP contribution in [0.5, 0.6) is 0 Å². The van der Waals surface area contributed by atoms with Crippen molar-refractivity contribution in [2.75, 3.05) is 0 Å². The van der Waals surface area contributed by atoms with Crippen molar-refractivity contribution in [3.05, 3.63) is 46.8 Å². The van der Waals surface area contributed by atoms with Crippen LogP contribution in [0.15, 0.2) is 33.9 Å². The van der Waals surface area contributed by atoms with Gasteiger partial charge in [0.05, 0.1) is 11.6 Å². The number of hydrogen-bond donors (Lipinski definition) is 2. The van der Waals surface area contributed by atoms with Gasteiger partial charge in [0.2, 0.25) is 5.91 Å². The summed E-state index contributed by atoms with van der Waals surface area (Å²) < 4.78 is 5.53. The number of nitrogens with two attached hydrogens (primary N) is 1. The van der Waals surface area contributed by atoms with Crippen molar-refractivity contribution >= 4 is 17.7 Å². The van der Waals surface area contributed by atoms with Gasteiger partial charge in [-0.05, 0) is 31.9 Å². The first-order valence-electron chi connectivity index (χ1n) is 6.67. The number of aryl methyl sites for hydroxylation is 2. The molecule has 0 spiro atoms. The van der Waals surface area contributed by atoms with Crippen molar-refractivity contribution in [3.8, 4) is 0 Å². The first-order chi connectivity index (χ1) is 10.0. The number of nitrogens with zero attached hydrogens (tertiary/aromatic N) is 1. The number of benzene rings is 1. The Hall–Kier alpha value is -1.79. The third-order valence-corrected chi connectivity index (χ3v) is 4.29. The Labute approximate surface area is 128 Å². The number of hydrazine groups is 1. The van der Waals surface area contributed by atoms with E-state index in [0.717, 1.165) is 28.3 Å². The molecular weight excluding hydrogens is 286 g/mol. The topological polar surface area (TPSA) is 81.2 Å². The highest BCUT2D eigenvalue weighted by molar-refractivity contribution is 7.98. The molecule has 0 radical (unpaired) electrons. The second-order valence-electron chi connectivity index (χ2n) is 4.88. The molecule has 0 aliphatic carbocycles. The van der Waals surface area contributed by atoms with Gasteiger partial charge < -0.3 is 4.42 Å². The molecule has 0 saturated carbocycles. The van der Waals surface area contributed by atoms with Gasteiger partial charge in [-0.15, -0.1) is 0 Å². The number of carbonyl (C=O) groups excluding carboxylic acids is 1. The number of thioether (sulfide) groups is 1. The Balaban J connectivity index is 1.97. The standard InChI is InChI=1S/C15H19N3O2S/c1-9(14(19)18-16)13-6-4-12(5-7-13)8-21-15-17-10(2)11(3)20-15/h4-7,9H,8,16H2,1-3H3,(H,18,19). The normalized spacial score (nSPS) is 12.2. The minimum absolute atomic E-state index is 0.192. The zero-order valence-corrected chi connectivity index (χ0v) is 13.2. The molecule has 1 unspecified atom stereocenters. The average molecular weight is 305 g/mol. The van der Waals surface area contributed by atoms with E-state index in [9.17, 15) is 4.79 Å². The highest BCUT2D eigenvalue weighted by Gasteiger charge is 2.13. The quantitative estimate of drug-likeness (QED) is 0.384. The summed E-state index contributed by atoms with van der Waals surface area (Å²) in [4.78, 5) is 15.8. The highest BCUT2D eigenvalue weighted by Crippen LogP contribution is 2.25. The lowest BCUT2D eigenvalue weighted by atomic mass is 10.00. The van der Waals surface area contributed by atoms with Crippen LogP contribution in [0.25, 0.3) is 0 Å². The van der Waals surface area contributed by atoms with Crippen LogP contribution in [0.2, 0.25) is 0 Å². The van der Waals surface area contributed by atoms with Crippen molar-refractivity contribution < 1.29 is 9.21 Å². The van der Waals surface area contributed by atoms with E-state index in [1.54, 1.807) is 11.8 Å². The van der Waals surface area contributed by atoms with Crippen LogP contribution in [0.4, 0.5) is 0 Å². The van der Waals surface area contributed by atoms with Crippen LogP contribution in [0, 0.1) is 13.8 Å². The zero-order valence-electron chi connectivity index (χ0n) is 12.3. The fraction of sp³-hybridized carbons (Fsp3) is 0.333. The second-order valence-corrected chi connectivity index (χ2v) is 5.81. The fourth-order valence-corrected chi connectivity index (χ4v) is 2.70. The van der Waals surface area contributed by atoms with Crippen LogP contribution in [-0.4, -0.2) is 10.9 Å². The summed E-state index contributed by atoms with van der Waals surface area (Å²) in [6, 6.07) is 7.90. The number of amides is 1. The van der Waals surface area contributed by atoms with Crippen LogP contribution in [-0.2, 0) is 10.5 Å². The lowest BCUT2D eigenvalue weighted by molar-refractivity contribution is -0.122. The maximum absolute atomic E-state index is 11.5. The number of oxazole rings is 1. The van der Waals surface area contributed by atoms with Crippen molar-refractivity contribution in [1.82, 2.24) is 10.4 Å². The predicted octanol–water partition coefficient (Wildman–Crippen LogP) is 2.68. The number of carbonyl (C=O) groups is 1. The van der Waals surface area contributed by atoms with E-state index >= 15 is 0 Å². The zero-order chi connectivity index (χ0) is 15.4. The smallest absolute Gasteiger partial charge is 0.256 e. The third kappa shape index (κ3) is 3.86. The van der Waals surface area contributed by atoms with Crippen LogP contribution in [0.1, 0.15) is 35.4 Å². The van der Waals surface area contributed by atoms with Gasteiger partial charge in [-0.2, -0.15) is 0 Å². The monoisotopic (exact) mass is 305 g/mol. The molecule has 0 fully saturated rings. The van der Waals surface area contributed by atoms with E-state index in [1.807, 2.05) is 45.0 Å². The van der Waals surface area contributed by atoms with E-state index in [-0.39, 0.29) is 11.8 Å². The Morgan fingerprint density at radius 2 is 2.05 bits per heavy atom. The first-order valence-corrected chi connectivity index (χ1v) is 7.66. The Morgan fingerprint density at radius 3 is 2.57 bits per heavy atom. The van der Waals surface area contributed by atoms with Crippen LogP contribution < -0.4 is 11.3 Å². The molecule has 2 aromatic rings. The molecule has 1 heterocycles. The van der Waals surface area contributed by atoms with Gasteiger partial charge in [0, 0.05) is 5.75 Å². The molecule has 6 heteroatoms. The Kier molecular flexibility index (Phi) is 5.03. The molecule has 1 amide bonds. The van der Waals surface area contributed by atoms with Crippen molar-refractivity contribution in [1.29, 1.82) is 0 Å². The van der Waals surface area contributed by atoms with E-state index in [0.29, 0.717) is 5.22 Å². The van der Waals surface area contributed by atoms with Gasteiger partial charge in [0.1, 0.15) is 5.76 Å². The molecule has 5 nitrogen and oxygen atoms in total. The number of hydrogen-bond acceptors (Lipinski definition) is 5. The second kappa shape index (κ2) is 6.78. The fourth-order valence-electron chi connectivity index (χ4n) is 1.83. The molecule has 0 aliphatic rings. The molecule has 3 N–H and O–H groups in total. The third-order valence-electron chi connectivity index (χ3n) is 3.39. The van der Waals surface area contributed by atoms with Gasteiger partial charge in [-0.3, -0.25) is 10.2 Å². The van der Waals surface area contributed by atoms with Crippen LogP contribution in [0.3, 0.4) is 0 Å². The summed E-state index contributed by atoms with van der Waals surface area (Å²) in [7, 11) is 0. The highest BCUT2D eigenvalue weighted by atomic mass is 32.2. The summed E-state index contributed by atoms with van der Waals surface area (Å²) in [5.41, 5.74) is 5.18. The molecule has 112 valence electrons. The molecule has 0 saturated heterocycles. The molecule has 0 bridgehead atoms. The van der Waals surface area contributed by atoms with Gasteiger partial charge in [0.25, 0.3) is 5.22 Å². The first kappa shape index (κ1) is 15.6. The summed E-state index contributed by atoms with van der Waals surface area (Å²) in [5.74, 6) is 6.33. The van der Waals surface area contributed by atoms with Gasteiger partial charge in [-0.25, -0.2) is 10.8 Å². The molecule has 0 aliphatic heterocycles. The predicted molar refractivity (Wildman–Crippen MR) is 82.7 cm³/mol. The molecule has 1 atom stereocenters. The van der Waals surface area contributed by atoms with Gasteiger partial charge in [0.15, 0.2) is 0 Å². The summed E-state index contributed by atoms with van der Waals surface area (Å²) in [5, 5.41) is 0.685. The van der Waals surface area contributed by atoms with Crippen LogP contribution >= 0.6 is 11.8 Å². The minimum Gasteiger partial charge on any atom is -0.437 e. The summed E-state index contributed by atoms with van der Waals surface area (Å²) in [6.07, 6.45) is 0. The largest absolute Gasteiger partial charge is 0.437 e. The lowest BCUT2D eigenvalue weighted by Crippen LogP contribution is -2.33. The van der Waals surface area contributed by atoms with Crippen molar-refractivity contribution in [3.63, 3.8) is 0 Å². The average Bonchev–Trinajstić information content (AvgIpc) is 2.82. The van der Waals surface area contributed by atoms with Crippen molar-refractivity contribution in [2.45, 2.75) is 37.7 Å². The maximum Gasteiger partial charge on any atom is 0.256 e. The minimum atomic E-state index is -0.256. The SMILES string of the molecule is Cc1nc(SCc2ccc(C(C)C(=O)NN)cc2)oc1C. The number of rotatable bonds is 5. The molecular formula is C15H19N3O2S. The maximum atomic E-state index is 11.5. The number of nitrogens with one attached hydrogen (secondary N) is 1. The Morgan fingerprint density at radius 1 is 1.38 bits per heavy atom. The van der Waals surface area contributed by atoms with Gasteiger partial charge in [-0.1, -0.05) is 36.0 Å². The van der Waals surface area contributed by atoms with E-state index in [2.05, 4.69) is 10.4 Å². The molecule has 1 aromatic heterocycles. The number of aromatic nitrogens is 1. The van der Waals surface area contributed by atoms with Gasteiger partial charge >= 0.3 is 0 Å². The molecule has 21 heavy (non-hydrogen) atoms. The van der Waals surface area contributed by atoms with Crippen molar-refractivity contribution in [2.24, 2.45) is 5.84 Å².